The highest BCUT2D eigenvalue weighted by molar-refractivity contribution is 5.76. The van der Waals surface area contributed by atoms with Gasteiger partial charge in [0.05, 0.1) is 5.92 Å². The summed E-state index contributed by atoms with van der Waals surface area (Å²) < 4.78 is 0. The van der Waals surface area contributed by atoms with E-state index >= 15 is 0 Å². The van der Waals surface area contributed by atoms with Crippen LogP contribution in [-0.2, 0) is 4.79 Å². The topological polar surface area (TPSA) is 69.6 Å². The Morgan fingerprint density at radius 1 is 1.47 bits per heavy atom. The van der Waals surface area contributed by atoms with Crippen LogP contribution >= 0.6 is 0 Å². The Kier molecular flexibility index (Phi) is 5.25. The van der Waals surface area contributed by atoms with Gasteiger partial charge >= 0.3 is 12.0 Å². The maximum absolute atomic E-state index is 11.8. The van der Waals surface area contributed by atoms with Gasteiger partial charge in [-0.25, -0.2) is 4.79 Å². The number of nitrogens with zero attached hydrogens (tertiary/aromatic N) is 1. The molecular formula is C12H22N2O3. The third kappa shape index (κ3) is 4.63. The summed E-state index contributed by atoms with van der Waals surface area (Å²) in [5.41, 5.74) is 0. The van der Waals surface area contributed by atoms with Crippen LogP contribution in [0.5, 0.6) is 0 Å². The Morgan fingerprint density at radius 2 is 2.18 bits per heavy atom. The lowest BCUT2D eigenvalue weighted by atomic mass is 9.99. The number of hydrogen-bond acceptors (Lipinski definition) is 2. The van der Waals surface area contributed by atoms with Crippen molar-refractivity contribution in [3.05, 3.63) is 0 Å². The lowest BCUT2D eigenvalue weighted by Gasteiger charge is -2.30. The van der Waals surface area contributed by atoms with Gasteiger partial charge in [-0.3, -0.25) is 4.79 Å². The van der Waals surface area contributed by atoms with Gasteiger partial charge in [0.25, 0.3) is 0 Å². The summed E-state index contributed by atoms with van der Waals surface area (Å²) in [5, 5.41) is 11.8. The summed E-state index contributed by atoms with van der Waals surface area (Å²) in [6, 6.07) is -0.128. The number of carbonyl (C=O) groups excluding carboxylic acids is 1. The Hall–Kier alpha value is -1.26. The van der Waals surface area contributed by atoms with E-state index in [1.54, 1.807) is 4.90 Å². The number of likely N-dealkylation sites (tertiary alicyclic amines) is 1. The number of carboxylic acids is 1. The number of amides is 2. The van der Waals surface area contributed by atoms with E-state index in [2.05, 4.69) is 19.2 Å². The molecule has 0 aromatic rings. The summed E-state index contributed by atoms with van der Waals surface area (Å²) in [5.74, 6) is -0.646. The summed E-state index contributed by atoms with van der Waals surface area (Å²) in [4.78, 5) is 24.3. The standard InChI is InChI=1S/C12H22N2O3/c1-9(2)5-6-13-12(17)14-7-3-4-10(8-14)11(15)16/h9-10H,3-8H2,1-2H3,(H,13,17)(H,15,16)/t10-/m1/s1. The monoisotopic (exact) mass is 242 g/mol. The molecule has 98 valence electrons. The van der Waals surface area contributed by atoms with Crippen LogP contribution in [0.4, 0.5) is 4.79 Å². The fourth-order valence-corrected chi connectivity index (χ4v) is 1.94. The molecule has 17 heavy (non-hydrogen) atoms. The van der Waals surface area contributed by atoms with Crippen LogP contribution < -0.4 is 5.32 Å². The van der Waals surface area contributed by atoms with Gasteiger partial charge in [-0.2, -0.15) is 0 Å². The highest BCUT2D eigenvalue weighted by Crippen LogP contribution is 2.16. The first-order valence-electron chi connectivity index (χ1n) is 6.26. The predicted molar refractivity (Wildman–Crippen MR) is 64.8 cm³/mol. The SMILES string of the molecule is CC(C)CCNC(=O)N1CCC[C@@H](C(=O)O)C1. The summed E-state index contributed by atoms with van der Waals surface area (Å²) in [6.07, 6.45) is 2.39. The van der Waals surface area contributed by atoms with Gasteiger partial charge in [-0.1, -0.05) is 13.8 Å². The molecule has 0 aliphatic carbocycles. The van der Waals surface area contributed by atoms with E-state index < -0.39 is 11.9 Å². The predicted octanol–water partition coefficient (Wildman–Crippen LogP) is 1.54. The van der Waals surface area contributed by atoms with Crippen molar-refractivity contribution in [3.63, 3.8) is 0 Å². The minimum atomic E-state index is -0.801. The lowest BCUT2D eigenvalue weighted by molar-refractivity contribution is -0.143. The van der Waals surface area contributed by atoms with Crippen molar-refractivity contribution in [1.29, 1.82) is 0 Å². The van der Waals surface area contributed by atoms with E-state index in [1.807, 2.05) is 0 Å². The van der Waals surface area contributed by atoms with Crippen LogP contribution in [-0.4, -0.2) is 41.6 Å². The second kappa shape index (κ2) is 6.47. The summed E-state index contributed by atoms with van der Waals surface area (Å²) >= 11 is 0. The fourth-order valence-electron chi connectivity index (χ4n) is 1.94. The van der Waals surface area contributed by atoms with Crippen LogP contribution in [0.3, 0.4) is 0 Å². The van der Waals surface area contributed by atoms with Gasteiger partial charge in [-0.15, -0.1) is 0 Å². The molecule has 2 N–H and O–H groups in total. The molecule has 0 radical (unpaired) electrons. The van der Waals surface area contributed by atoms with Gasteiger partial charge in [0.2, 0.25) is 0 Å². The maximum atomic E-state index is 11.8. The fraction of sp³-hybridized carbons (Fsp3) is 0.833. The van der Waals surface area contributed by atoms with Gasteiger partial charge in [0.1, 0.15) is 0 Å². The molecule has 1 atom stereocenters. The van der Waals surface area contributed by atoms with Gasteiger partial charge in [0, 0.05) is 19.6 Å². The molecule has 0 aromatic carbocycles. The van der Waals surface area contributed by atoms with Crippen molar-refractivity contribution in [2.24, 2.45) is 11.8 Å². The van der Waals surface area contributed by atoms with Crippen LogP contribution in [0.15, 0.2) is 0 Å². The van der Waals surface area contributed by atoms with Crippen molar-refractivity contribution in [2.45, 2.75) is 33.1 Å². The van der Waals surface area contributed by atoms with Crippen LogP contribution in [0.2, 0.25) is 0 Å². The first-order chi connectivity index (χ1) is 8.00. The molecule has 1 aliphatic rings. The highest BCUT2D eigenvalue weighted by Gasteiger charge is 2.27. The number of aliphatic carboxylic acids is 1. The smallest absolute Gasteiger partial charge is 0.317 e. The largest absolute Gasteiger partial charge is 0.481 e. The van der Waals surface area contributed by atoms with Gasteiger partial charge in [0.15, 0.2) is 0 Å². The molecule has 5 heteroatoms. The average molecular weight is 242 g/mol. The summed E-state index contributed by atoms with van der Waals surface area (Å²) in [7, 11) is 0. The number of hydrogen-bond donors (Lipinski definition) is 2. The molecule has 5 nitrogen and oxygen atoms in total. The van der Waals surface area contributed by atoms with Crippen molar-refractivity contribution in [1.82, 2.24) is 10.2 Å². The van der Waals surface area contributed by atoms with E-state index in [0.717, 1.165) is 12.8 Å². The molecule has 0 saturated carbocycles. The lowest BCUT2D eigenvalue weighted by Crippen LogP contribution is -2.47. The molecular weight excluding hydrogens is 220 g/mol. The maximum Gasteiger partial charge on any atom is 0.317 e. The van der Waals surface area contributed by atoms with Crippen LogP contribution in [0, 0.1) is 11.8 Å². The molecule has 1 rings (SSSR count). The number of nitrogens with one attached hydrogen (secondary N) is 1. The number of carboxylic acid groups (broad SMARTS) is 1. The molecule has 0 unspecified atom stereocenters. The third-order valence-electron chi connectivity index (χ3n) is 3.06. The Balaban J connectivity index is 2.33. The normalized spacial score (nSPS) is 20.4. The first kappa shape index (κ1) is 13.8. The molecule has 0 bridgehead atoms. The van der Waals surface area contributed by atoms with Crippen molar-refractivity contribution < 1.29 is 14.7 Å². The molecule has 1 aliphatic heterocycles. The Bertz CT molecular complexity index is 279. The van der Waals surface area contributed by atoms with Gasteiger partial charge in [-0.05, 0) is 25.2 Å². The van der Waals surface area contributed by atoms with E-state index in [4.69, 9.17) is 5.11 Å². The minimum Gasteiger partial charge on any atom is -0.481 e. The summed E-state index contributed by atoms with van der Waals surface area (Å²) in [6.45, 7) is 5.87. The molecule has 1 fully saturated rings. The number of rotatable bonds is 4. The molecule has 2 amide bonds. The third-order valence-corrected chi connectivity index (χ3v) is 3.06. The zero-order valence-electron chi connectivity index (χ0n) is 10.6. The van der Waals surface area contributed by atoms with Crippen LogP contribution in [0.25, 0.3) is 0 Å². The number of urea groups is 1. The van der Waals surface area contributed by atoms with E-state index in [0.29, 0.717) is 32.0 Å². The van der Waals surface area contributed by atoms with Crippen molar-refractivity contribution in [2.75, 3.05) is 19.6 Å². The second-order valence-corrected chi connectivity index (χ2v) is 5.04. The second-order valence-electron chi connectivity index (χ2n) is 5.04. The van der Waals surface area contributed by atoms with E-state index in [-0.39, 0.29) is 6.03 Å². The first-order valence-corrected chi connectivity index (χ1v) is 6.26. The minimum absolute atomic E-state index is 0.128. The van der Waals surface area contributed by atoms with E-state index in [1.165, 1.54) is 0 Å². The average Bonchev–Trinajstić information content (AvgIpc) is 2.28. The van der Waals surface area contributed by atoms with Crippen molar-refractivity contribution >= 4 is 12.0 Å². The van der Waals surface area contributed by atoms with Crippen LogP contribution in [0.1, 0.15) is 33.1 Å². The molecule has 0 aromatic heterocycles. The number of piperidine rings is 1. The van der Waals surface area contributed by atoms with Gasteiger partial charge < -0.3 is 15.3 Å². The molecule has 1 saturated heterocycles. The quantitative estimate of drug-likeness (QED) is 0.785. The van der Waals surface area contributed by atoms with Crippen molar-refractivity contribution in [3.8, 4) is 0 Å². The Morgan fingerprint density at radius 3 is 2.76 bits per heavy atom. The Labute approximate surface area is 102 Å². The number of carbonyl (C=O) groups is 2. The zero-order valence-corrected chi connectivity index (χ0v) is 10.6. The molecule has 0 spiro atoms. The molecule has 1 heterocycles. The van der Waals surface area contributed by atoms with E-state index in [9.17, 15) is 9.59 Å². The highest BCUT2D eigenvalue weighted by atomic mass is 16.4. The zero-order chi connectivity index (χ0) is 12.8.